The summed E-state index contributed by atoms with van der Waals surface area (Å²) in [5.74, 6) is 0.408. The number of hydrogen-bond donors (Lipinski definition) is 0. The molecule has 0 unspecified atom stereocenters. The molecule has 0 radical (unpaired) electrons. The van der Waals surface area contributed by atoms with E-state index in [-0.39, 0.29) is 0 Å². The van der Waals surface area contributed by atoms with Crippen molar-refractivity contribution in [1.29, 1.82) is 0 Å². The molecule has 74 valence electrons. The molecule has 2 rings (SSSR count). The molecule has 2 atom stereocenters. The molecule has 2 fully saturated rings. The summed E-state index contributed by atoms with van der Waals surface area (Å²) in [5.41, 5.74) is 0.884. The van der Waals surface area contributed by atoms with Gasteiger partial charge in [-0.05, 0) is 18.4 Å². The number of amides is 1. The lowest BCUT2D eigenvalue weighted by atomic mass is 10.4. The Labute approximate surface area is 81.3 Å². The van der Waals surface area contributed by atoms with E-state index in [2.05, 4.69) is 24.5 Å². The summed E-state index contributed by atoms with van der Waals surface area (Å²) < 4.78 is 0. The molecule has 0 bridgehead atoms. The fourth-order valence-corrected chi connectivity index (χ4v) is 4.76. The van der Waals surface area contributed by atoms with Crippen LogP contribution >= 0.6 is 0 Å². The molecule has 0 spiro atoms. The number of likely N-dealkylation sites (tertiary alicyclic amines) is 1. The van der Waals surface area contributed by atoms with E-state index >= 15 is 0 Å². The van der Waals surface area contributed by atoms with E-state index in [1.807, 2.05) is 0 Å². The lowest BCUT2D eigenvalue weighted by Crippen LogP contribution is -2.32. The summed E-state index contributed by atoms with van der Waals surface area (Å²) in [4.78, 5) is 13.6. The van der Waals surface area contributed by atoms with Crippen LogP contribution in [0.1, 0.15) is 19.3 Å². The van der Waals surface area contributed by atoms with Crippen LogP contribution in [-0.2, 0) is 4.79 Å². The highest BCUT2D eigenvalue weighted by molar-refractivity contribution is 6.78. The van der Waals surface area contributed by atoms with Gasteiger partial charge in [-0.15, -0.1) is 0 Å². The molecule has 1 amide bonds. The first kappa shape index (κ1) is 9.25. The summed E-state index contributed by atoms with van der Waals surface area (Å²) in [7, 11) is -0.978. The Morgan fingerprint density at radius 3 is 2.46 bits per heavy atom. The Morgan fingerprint density at radius 1 is 1.38 bits per heavy atom. The number of carbonyl (C=O) groups excluding carboxylic acids is 1. The van der Waals surface area contributed by atoms with Crippen LogP contribution in [0, 0.1) is 0 Å². The molecule has 1 aliphatic carbocycles. The fourth-order valence-electron chi connectivity index (χ4n) is 2.48. The van der Waals surface area contributed by atoms with Crippen LogP contribution in [0.2, 0.25) is 25.2 Å². The van der Waals surface area contributed by atoms with Crippen molar-refractivity contribution in [1.82, 2.24) is 4.90 Å². The predicted octanol–water partition coefficient (Wildman–Crippen LogP) is 2.09. The van der Waals surface area contributed by atoms with E-state index in [0.717, 1.165) is 24.9 Å². The van der Waals surface area contributed by atoms with Crippen molar-refractivity contribution < 1.29 is 4.79 Å². The monoisotopic (exact) mass is 197 g/mol. The highest BCUT2D eigenvalue weighted by atomic mass is 28.3. The Bertz CT molecular complexity index is 234. The van der Waals surface area contributed by atoms with Gasteiger partial charge in [0.1, 0.15) is 0 Å². The maximum atomic E-state index is 11.5. The second kappa shape index (κ2) is 2.84. The average Bonchev–Trinajstić information content (AvgIpc) is 2.69. The summed E-state index contributed by atoms with van der Waals surface area (Å²) in [5, 5.41) is 0. The summed E-state index contributed by atoms with van der Waals surface area (Å²) in [6.45, 7) is 8.28. The maximum absolute atomic E-state index is 11.5. The summed E-state index contributed by atoms with van der Waals surface area (Å²) >= 11 is 0. The minimum Gasteiger partial charge on any atom is -0.340 e. The normalized spacial score (nSPS) is 34.1. The van der Waals surface area contributed by atoms with E-state index in [4.69, 9.17) is 0 Å². The van der Waals surface area contributed by atoms with Crippen LogP contribution in [-0.4, -0.2) is 31.5 Å². The molecule has 2 nitrogen and oxygen atoms in total. The van der Waals surface area contributed by atoms with Crippen LogP contribution in [0.3, 0.4) is 0 Å². The van der Waals surface area contributed by atoms with Crippen molar-refractivity contribution in [3.8, 4) is 0 Å². The van der Waals surface area contributed by atoms with Gasteiger partial charge in [0.25, 0.3) is 0 Å². The van der Waals surface area contributed by atoms with Gasteiger partial charge in [-0.1, -0.05) is 19.6 Å². The van der Waals surface area contributed by atoms with Crippen molar-refractivity contribution >= 4 is 14.0 Å². The van der Waals surface area contributed by atoms with Gasteiger partial charge in [0, 0.05) is 27.1 Å². The highest BCUT2D eigenvalue weighted by Gasteiger charge is 2.51. The predicted molar refractivity (Wildman–Crippen MR) is 56.4 cm³/mol. The first-order chi connectivity index (χ1) is 6.00. The standard InChI is InChI=1S/C10H19NOSi/c1-13(2,3)9-7-8(9)11-6-4-5-10(11)12/h8-9H,4-7H2,1-3H3/t8-,9-/m0/s1. The lowest BCUT2D eigenvalue weighted by molar-refractivity contribution is -0.128. The largest absolute Gasteiger partial charge is 0.340 e. The van der Waals surface area contributed by atoms with Crippen molar-refractivity contribution in [2.24, 2.45) is 0 Å². The second-order valence-electron chi connectivity index (χ2n) is 5.47. The molecule has 0 aromatic heterocycles. The van der Waals surface area contributed by atoms with Gasteiger partial charge in [0.05, 0.1) is 0 Å². The third-order valence-electron chi connectivity index (χ3n) is 3.38. The zero-order chi connectivity index (χ0) is 9.64. The molecule has 0 aromatic rings. The van der Waals surface area contributed by atoms with Crippen molar-refractivity contribution in [3.63, 3.8) is 0 Å². The van der Waals surface area contributed by atoms with Crippen molar-refractivity contribution in [2.75, 3.05) is 6.54 Å². The second-order valence-corrected chi connectivity index (χ2v) is 10.9. The topological polar surface area (TPSA) is 20.3 Å². The number of rotatable bonds is 2. The fraction of sp³-hybridized carbons (Fsp3) is 0.900. The van der Waals surface area contributed by atoms with Crippen LogP contribution in [0.15, 0.2) is 0 Å². The molecular weight excluding hydrogens is 178 g/mol. The smallest absolute Gasteiger partial charge is 0.222 e. The van der Waals surface area contributed by atoms with Gasteiger partial charge in [0.15, 0.2) is 0 Å². The van der Waals surface area contributed by atoms with Crippen molar-refractivity contribution in [2.45, 2.75) is 50.5 Å². The molecule has 1 saturated carbocycles. The van der Waals surface area contributed by atoms with E-state index in [1.54, 1.807) is 0 Å². The van der Waals surface area contributed by atoms with E-state index in [0.29, 0.717) is 11.9 Å². The van der Waals surface area contributed by atoms with Crippen LogP contribution in [0.25, 0.3) is 0 Å². The minimum absolute atomic E-state index is 0.408. The zero-order valence-corrected chi connectivity index (χ0v) is 9.84. The Morgan fingerprint density at radius 2 is 2.08 bits per heavy atom. The van der Waals surface area contributed by atoms with E-state index in [9.17, 15) is 4.79 Å². The van der Waals surface area contributed by atoms with Gasteiger partial charge in [-0.2, -0.15) is 0 Å². The first-order valence-corrected chi connectivity index (χ1v) is 8.87. The van der Waals surface area contributed by atoms with Gasteiger partial charge < -0.3 is 4.90 Å². The van der Waals surface area contributed by atoms with Crippen molar-refractivity contribution in [3.05, 3.63) is 0 Å². The molecular formula is C10H19NOSi. The lowest BCUT2D eigenvalue weighted by Gasteiger charge is -2.20. The summed E-state index contributed by atoms with van der Waals surface area (Å²) in [6.07, 6.45) is 3.18. The van der Waals surface area contributed by atoms with Gasteiger partial charge in [0.2, 0.25) is 5.91 Å². The number of hydrogen-bond acceptors (Lipinski definition) is 1. The molecule has 1 aliphatic heterocycles. The minimum atomic E-state index is -0.978. The zero-order valence-electron chi connectivity index (χ0n) is 8.84. The molecule has 1 saturated heterocycles. The Kier molecular flexibility index (Phi) is 2.02. The SMILES string of the molecule is C[Si](C)(C)[C@H]1C[C@@H]1N1CCCC1=O. The highest BCUT2D eigenvalue weighted by Crippen LogP contribution is 2.49. The number of nitrogens with zero attached hydrogens (tertiary/aromatic N) is 1. The number of carbonyl (C=O) groups is 1. The van der Waals surface area contributed by atoms with Gasteiger partial charge in [-0.25, -0.2) is 0 Å². The van der Waals surface area contributed by atoms with Crippen LogP contribution in [0.5, 0.6) is 0 Å². The first-order valence-electron chi connectivity index (χ1n) is 5.29. The molecule has 0 N–H and O–H groups in total. The van der Waals surface area contributed by atoms with E-state index in [1.165, 1.54) is 6.42 Å². The Balaban J connectivity index is 1.96. The van der Waals surface area contributed by atoms with E-state index < -0.39 is 8.07 Å². The van der Waals surface area contributed by atoms with Crippen LogP contribution < -0.4 is 0 Å². The Hall–Kier alpha value is -0.313. The molecule has 1 heterocycles. The average molecular weight is 197 g/mol. The third kappa shape index (κ3) is 1.66. The maximum Gasteiger partial charge on any atom is 0.222 e. The molecule has 2 aliphatic rings. The quantitative estimate of drug-likeness (QED) is 0.621. The van der Waals surface area contributed by atoms with Gasteiger partial charge in [-0.3, -0.25) is 4.79 Å². The van der Waals surface area contributed by atoms with Gasteiger partial charge >= 0.3 is 0 Å². The van der Waals surface area contributed by atoms with Crippen LogP contribution in [0.4, 0.5) is 0 Å². The molecule has 0 aromatic carbocycles. The third-order valence-corrected chi connectivity index (χ3v) is 6.22. The molecule has 3 heteroatoms. The molecule has 13 heavy (non-hydrogen) atoms. The summed E-state index contributed by atoms with van der Waals surface area (Å²) in [6, 6.07) is 0.640.